The molecule has 3 aromatic rings. The molecule has 0 bridgehead atoms. The van der Waals surface area contributed by atoms with E-state index >= 15 is 0 Å². The molecule has 0 radical (unpaired) electrons. The number of hydrogen-bond donors (Lipinski definition) is 0. The Hall–Kier alpha value is -3.26. The topological polar surface area (TPSA) is 49.9 Å². The van der Waals surface area contributed by atoms with Gasteiger partial charge in [0, 0.05) is 18.0 Å². The number of carbonyl (C=O) groups excluding carboxylic acids is 2. The number of thiophene rings is 1. The molecule has 0 unspecified atom stereocenters. The van der Waals surface area contributed by atoms with Gasteiger partial charge in [0.1, 0.15) is 19.0 Å². The van der Waals surface area contributed by atoms with Crippen molar-refractivity contribution in [2.24, 2.45) is 5.92 Å². The van der Waals surface area contributed by atoms with E-state index in [1.54, 1.807) is 40.5 Å². The molecule has 2 aromatic carbocycles. The highest BCUT2D eigenvalue weighted by atomic mass is 32.1. The highest BCUT2D eigenvalue weighted by molar-refractivity contribution is 7.10. The highest BCUT2D eigenvalue weighted by Gasteiger charge is 2.34. The van der Waals surface area contributed by atoms with Crippen LogP contribution in [0.4, 0.5) is 8.78 Å². The molecule has 2 heterocycles. The number of carbonyl (C=O) groups is 2. The van der Waals surface area contributed by atoms with Gasteiger partial charge in [-0.25, -0.2) is 8.78 Å². The summed E-state index contributed by atoms with van der Waals surface area (Å²) in [7, 11) is 0. The molecule has 0 spiro atoms. The molecule has 1 aliphatic rings. The van der Waals surface area contributed by atoms with E-state index in [0.717, 1.165) is 12.0 Å². The SMILES string of the molecule is CC[C@@H](C)CN(CC(=O)N1CCc2sccc2[C@H]1COc1ccccc1F)C(=O)c1ccccc1F. The smallest absolute Gasteiger partial charge is 0.257 e. The van der Waals surface area contributed by atoms with Crippen molar-refractivity contribution in [3.63, 3.8) is 0 Å². The fraction of sp³-hybridized carbons (Fsp3) is 0.357. The molecule has 0 aliphatic carbocycles. The maximum absolute atomic E-state index is 14.4. The van der Waals surface area contributed by atoms with Gasteiger partial charge in [0.05, 0.1) is 11.6 Å². The first-order chi connectivity index (χ1) is 17.4. The summed E-state index contributed by atoms with van der Waals surface area (Å²) >= 11 is 1.62. The Labute approximate surface area is 214 Å². The Morgan fingerprint density at radius 2 is 1.83 bits per heavy atom. The van der Waals surface area contributed by atoms with Gasteiger partial charge < -0.3 is 14.5 Å². The van der Waals surface area contributed by atoms with Crippen LogP contribution in [0.1, 0.15) is 47.1 Å². The fourth-order valence-corrected chi connectivity index (χ4v) is 5.32. The molecule has 190 valence electrons. The van der Waals surface area contributed by atoms with Gasteiger partial charge in [-0.05, 0) is 53.6 Å². The summed E-state index contributed by atoms with van der Waals surface area (Å²) in [6, 6.07) is 13.5. The molecule has 0 saturated carbocycles. The second-order valence-corrected chi connectivity index (χ2v) is 10.1. The molecule has 2 amide bonds. The third-order valence-corrected chi connectivity index (χ3v) is 7.59. The summed E-state index contributed by atoms with van der Waals surface area (Å²) in [5.74, 6) is -1.57. The Balaban J connectivity index is 1.56. The van der Waals surface area contributed by atoms with Crippen LogP contribution >= 0.6 is 11.3 Å². The fourth-order valence-electron chi connectivity index (χ4n) is 4.39. The number of para-hydroxylation sites is 1. The van der Waals surface area contributed by atoms with Crippen molar-refractivity contribution in [1.82, 2.24) is 9.80 Å². The Kier molecular flexibility index (Phi) is 8.36. The largest absolute Gasteiger partial charge is 0.488 e. The van der Waals surface area contributed by atoms with Crippen molar-refractivity contribution in [1.29, 1.82) is 0 Å². The van der Waals surface area contributed by atoms with Crippen LogP contribution < -0.4 is 4.74 Å². The minimum Gasteiger partial charge on any atom is -0.488 e. The van der Waals surface area contributed by atoms with E-state index in [9.17, 15) is 18.4 Å². The van der Waals surface area contributed by atoms with Crippen LogP contribution in [0.15, 0.2) is 60.0 Å². The molecule has 0 fully saturated rings. The van der Waals surface area contributed by atoms with E-state index in [2.05, 4.69) is 0 Å². The molecule has 0 saturated heterocycles. The van der Waals surface area contributed by atoms with Gasteiger partial charge in [0.25, 0.3) is 5.91 Å². The number of benzene rings is 2. The summed E-state index contributed by atoms with van der Waals surface area (Å²) in [6.45, 7) is 4.72. The molecule has 2 atom stereocenters. The van der Waals surface area contributed by atoms with Crippen LogP contribution in [-0.4, -0.2) is 47.9 Å². The molecule has 1 aliphatic heterocycles. The van der Waals surface area contributed by atoms with Gasteiger partial charge >= 0.3 is 0 Å². The summed E-state index contributed by atoms with van der Waals surface area (Å²) < 4.78 is 34.4. The standard InChI is InChI=1S/C28H30F2N2O3S/c1-3-19(2)16-31(28(34)20-8-4-5-9-22(20)29)17-27(33)32-14-12-26-21(13-15-36-26)24(32)18-35-25-11-7-6-10-23(25)30/h4-11,13,15,19,24H,3,12,14,16-18H2,1-2H3/t19-,24-/m1/s1. The lowest BCUT2D eigenvalue weighted by Crippen LogP contribution is -2.48. The number of nitrogens with zero attached hydrogens (tertiary/aromatic N) is 2. The highest BCUT2D eigenvalue weighted by Crippen LogP contribution is 2.34. The molecule has 8 heteroatoms. The summed E-state index contributed by atoms with van der Waals surface area (Å²) in [6.07, 6.45) is 1.51. The first-order valence-corrected chi connectivity index (χ1v) is 13.0. The molecule has 36 heavy (non-hydrogen) atoms. The third-order valence-electron chi connectivity index (χ3n) is 6.60. The number of rotatable bonds is 9. The van der Waals surface area contributed by atoms with Crippen LogP contribution in [0.3, 0.4) is 0 Å². The zero-order chi connectivity index (χ0) is 25.7. The van der Waals surface area contributed by atoms with Gasteiger partial charge in [-0.2, -0.15) is 0 Å². The second-order valence-electron chi connectivity index (χ2n) is 9.07. The van der Waals surface area contributed by atoms with Gasteiger partial charge in [-0.1, -0.05) is 44.5 Å². The lowest BCUT2D eigenvalue weighted by Gasteiger charge is -2.37. The molecule has 4 rings (SSSR count). The van der Waals surface area contributed by atoms with Gasteiger partial charge in [0.2, 0.25) is 5.91 Å². The zero-order valence-corrected chi connectivity index (χ0v) is 21.3. The quantitative estimate of drug-likeness (QED) is 0.369. The first kappa shape index (κ1) is 25.8. The summed E-state index contributed by atoms with van der Waals surface area (Å²) in [4.78, 5) is 31.2. The number of fused-ring (bicyclic) bond motifs is 1. The number of halogens is 2. The number of ether oxygens (including phenoxy) is 1. The predicted octanol–water partition coefficient (Wildman–Crippen LogP) is 5.72. The van der Waals surface area contributed by atoms with Crippen molar-refractivity contribution in [2.75, 3.05) is 26.2 Å². The van der Waals surface area contributed by atoms with Crippen LogP contribution in [0.5, 0.6) is 5.75 Å². The van der Waals surface area contributed by atoms with Crippen molar-refractivity contribution >= 4 is 23.2 Å². The average Bonchev–Trinajstić information content (AvgIpc) is 3.36. The molecule has 5 nitrogen and oxygen atoms in total. The molecular weight excluding hydrogens is 482 g/mol. The third kappa shape index (κ3) is 5.75. The average molecular weight is 513 g/mol. The number of amides is 2. The van der Waals surface area contributed by atoms with E-state index in [0.29, 0.717) is 19.5 Å². The maximum atomic E-state index is 14.4. The van der Waals surface area contributed by atoms with E-state index in [-0.39, 0.29) is 36.3 Å². The summed E-state index contributed by atoms with van der Waals surface area (Å²) in [5.41, 5.74) is 0.927. The van der Waals surface area contributed by atoms with Gasteiger partial charge in [0.15, 0.2) is 11.6 Å². The molecular formula is C28H30F2N2O3S. The van der Waals surface area contributed by atoms with Crippen LogP contribution in [0.25, 0.3) is 0 Å². The lowest BCUT2D eigenvalue weighted by atomic mass is 10.00. The molecule has 0 N–H and O–H groups in total. The summed E-state index contributed by atoms with van der Waals surface area (Å²) in [5, 5.41) is 1.98. The van der Waals surface area contributed by atoms with Crippen molar-refractivity contribution in [2.45, 2.75) is 32.7 Å². The molecule has 1 aromatic heterocycles. The van der Waals surface area contributed by atoms with Crippen LogP contribution in [0, 0.1) is 17.6 Å². The van der Waals surface area contributed by atoms with Crippen molar-refractivity contribution in [3.05, 3.63) is 87.6 Å². The van der Waals surface area contributed by atoms with E-state index in [4.69, 9.17) is 4.74 Å². The normalized spacial score (nSPS) is 15.8. The lowest BCUT2D eigenvalue weighted by molar-refractivity contribution is -0.135. The van der Waals surface area contributed by atoms with Gasteiger partial charge in [-0.15, -0.1) is 11.3 Å². The van der Waals surface area contributed by atoms with E-state index in [1.807, 2.05) is 25.3 Å². The predicted molar refractivity (Wildman–Crippen MR) is 136 cm³/mol. The minimum atomic E-state index is -0.610. The number of hydrogen-bond acceptors (Lipinski definition) is 4. The van der Waals surface area contributed by atoms with Crippen molar-refractivity contribution in [3.8, 4) is 5.75 Å². The first-order valence-electron chi connectivity index (χ1n) is 12.2. The van der Waals surface area contributed by atoms with Crippen molar-refractivity contribution < 1.29 is 23.1 Å². The minimum absolute atomic E-state index is 0.0493. The Bertz CT molecular complexity index is 1210. The monoisotopic (exact) mass is 512 g/mol. The van der Waals surface area contributed by atoms with Crippen LogP contribution in [0.2, 0.25) is 0 Å². The van der Waals surface area contributed by atoms with E-state index in [1.165, 1.54) is 34.0 Å². The van der Waals surface area contributed by atoms with Crippen LogP contribution in [-0.2, 0) is 11.2 Å². The zero-order valence-electron chi connectivity index (χ0n) is 20.5. The maximum Gasteiger partial charge on any atom is 0.257 e. The Morgan fingerprint density at radius 1 is 1.11 bits per heavy atom. The Morgan fingerprint density at radius 3 is 2.56 bits per heavy atom. The van der Waals surface area contributed by atoms with E-state index < -0.39 is 23.6 Å². The van der Waals surface area contributed by atoms with Gasteiger partial charge in [-0.3, -0.25) is 9.59 Å². The second kappa shape index (κ2) is 11.6.